The van der Waals surface area contributed by atoms with Crippen LogP contribution in [0.3, 0.4) is 0 Å². The first-order valence-corrected chi connectivity index (χ1v) is 9.38. The molecule has 2 aromatic rings. The molecule has 0 saturated carbocycles. The van der Waals surface area contributed by atoms with E-state index in [1.54, 1.807) is 17.8 Å². The third-order valence-electron chi connectivity index (χ3n) is 4.64. The number of aromatic nitrogens is 4. The van der Waals surface area contributed by atoms with Crippen LogP contribution in [0.4, 0.5) is 0 Å². The van der Waals surface area contributed by atoms with Gasteiger partial charge in [0, 0.05) is 38.5 Å². The number of hydrogen-bond acceptors (Lipinski definition) is 5. The predicted molar refractivity (Wildman–Crippen MR) is 109 cm³/mol. The van der Waals surface area contributed by atoms with Crippen molar-refractivity contribution in [2.75, 3.05) is 20.3 Å². The predicted octanol–water partition coefficient (Wildman–Crippen LogP) is 2.37. The van der Waals surface area contributed by atoms with E-state index in [0.717, 1.165) is 22.8 Å². The normalized spacial score (nSPS) is 12.6. The number of rotatable bonds is 8. The average molecular weight is 403 g/mol. The Balaban J connectivity index is 2.11. The molecule has 150 valence electrons. The Morgan fingerprint density at radius 1 is 1.54 bits per heavy atom. The van der Waals surface area contributed by atoms with E-state index in [-0.39, 0.29) is 11.6 Å². The van der Waals surface area contributed by atoms with E-state index in [1.165, 1.54) is 0 Å². The highest BCUT2D eigenvalue weighted by atomic mass is 32.1. The second-order valence-corrected chi connectivity index (χ2v) is 7.07. The summed E-state index contributed by atoms with van der Waals surface area (Å²) in [4.78, 5) is 12.4. The van der Waals surface area contributed by atoms with Crippen molar-refractivity contribution in [1.82, 2.24) is 24.6 Å². The van der Waals surface area contributed by atoms with Crippen LogP contribution in [-0.2, 0) is 23.0 Å². The second kappa shape index (κ2) is 9.48. The van der Waals surface area contributed by atoms with Gasteiger partial charge in [-0.2, -0.15) is 10.4 Å². The SMILES string of the molecule is COCC(C)n1c(C)cc(/C=C(/C#N)C(=O)NCCc2n[nH]c(=S)n2C)c1C. The highest BCUT2D eigenvalue weighted by Crippen LogP contribution is 2.22. The number of aromatic amines is 1. The summed E-state index contributed by atoms with van der Waals surface area (Å²) >= 11 is 5.06. The Hall–Kier alpha value is -2.70. The number of nitrogens with one attached hydrogen (secondary N) is 2. The molecule has 1 amide bonds. The maximum atomic E-state index is 12.4. The van der Waals surface area contributed by atoms with Crippen LogP contribution in [0.2, 0.25) is 0 Å². The molecule has 1 unspecified atom stereocenters. The number of carbonyl (C=O) groups excluding carboxylic acids is 1. The first kappa shape index (κ1) is 21.6. The van der Waals surface area contributed by atoms with Gasteiger partial charge in [-0.25, -0.2) is 0 Å². The van der Waals surface area contributed by atoms with Crippen molar-refractivity contribution in [3.63, 3.8) is 0 Å². The van der Waals surface area contributed by atoms with Crippen LogP contribution in [0, 0.1) is 29.9 Å². The molecular formula is C19H26N6O2S. The number of hydrogen-bond donors (Lipinski definition) is 2. The zero-order chi connectivity index (χ0) is 20.8. The Morgan fingerprint density at radius 3 is 2.82 bits per heavy atom. The molecule has 0 aliphatic rings. The molecule has 0 aromatic carbocycles. The summed E-state index contributed by atoms with van der Waals surface area (Å²) in [5, 5.41) is 19.0. The van der Waals surface area contributed by atoms with Gasteiger partial charge in [0.25, 0.3) is 5.91 Å². The van der Waals surface area contributed by atoms with E-state index in [4.69, 9.17) is 17.0 Å². The fourth-order valence-corrected chi connectivity index (χ4v) is 3.38. The molecule has 0 radical (unpaired) electrons. The number of methoxy groups -OCH3 is 1. The molecule has 9 heteroatoms. The molecule has 2 aromatic heterocycles. The third-order valence-corrected chi connectivity index (χ3v) is 5.01. The maximum absolute atomic E-state index is 12.4. The lowest BCUT2D eigenvalue weighted by molar-refractivity contribution is -0.117. The van der Waals surface area contributed by atoms with Gasteiger partial charge in [-0.15, -0.1) is 0 Å². The summed E-state index contributed by atoms with van der Waals surface area (Å²) in [6, 6.07) is 4.13. The first-order valence-electron chi connectivity index (χ1n) is 8.97. The fourth-order valence-electron chi connectivity index (χ4n) is 3.23. The smallest absolute Gasteiger partial charge is 0.261 e. The summed E-state index contributed by atoms with van der Waals surface area (Å²) in [6.45, 7) is 6.98. The van der Waals surface area contributed by atoms with E-state index in [9.17, 15) is 10.1 Å². The standard InChI is InChI=1S/C19H26N6O2S/c1-12-8-15(14(3)25(12)13(2)11-27-5)9-16(10-20)18(26)21-7-6-17-22-23-19(28)24(17)4/h8-9,13H,6-7,11H2,1-5H3,(H,21,26)(H,23,28)/b16-9-. The maximum Gasteiger partial charge on any atom is 0.261 e. The minimum atomic E-state index is -0.408. The lowest BCUT2D eigenvalue weighted by Gasteiger charge is -2.17. The number of nitriles is 1. The van der Waals surface area contributed by atoms with Gasteiger partial charge in [-0.1, -0.05) is 0 Å². The van der Waals surface area contributed by atoms with E-state index < -0.39 is 5.91 Å². The number of H-pyrrole nitrogens is 1. The van der Waals surface area contributed by atoms with Crippen LogP contribution in [0.15, 0.2) is 11.6 Å². The van der Waals surface area contributed by atoms with Crippen molar-refractivity contribution in [2.45, 2.75) is 33.2 Å². The molecule has 2 heterocycles. The molecule has 0 spiro atoms. The Morgan fingerprint density at radius 2 is 2.25 bits per heavy atom. The van der Waals surface area contributed by atoms with Crippen LogP contribution in [-0.4, -0.2) is 45.5 Å². The Kier molecular flexibility index (Phi) is 7.31. The van der Waals surface area contributed by atoms with Gasteiger partial charge in [0.1, 0.15) is 17.5 Å². The van der Waals surface area contributed by atoms with Crippen LogP contribution >= 0.6 is 12.2 Å². The van der Waals surface area contributed by atoms with Gasteiger partial charge in [0.05, 0.1) is 12.6 Å². The van der Waals surface area contributed by atoms with Crippen molar-refractivity contribution in [3.05, 3.63) is 39.2 Å². The molecule has 0 saturated heterocycles. The topological polar surface area (TPSA) is 101 Å². The molecule has 0 aliphatic carbocycles. The van der Waals surface area contributed by atoms with Crippen molar-refractivity contribution in [3.8, 4) is 6.07 Å². The molecule has 28 heavy (non-hydrogen) atoms. The van der Waals surface area contributed by atoms with E-state index >= 15 is 0 Å². The van der Waals surface area contributed by atoms with Crippen LogP contribution in [0.5, 0.6) is 0 Å². The highest BCUT2D eigenvalue weighted by Gasteiger charge is 2.16. The second-order valence-electron chi connectivity index (χ2n) is 6.68. The van der Waals surface area contributed by atoms with Gasteiger partial charge in [0.15, 0.2) is 4.77 Å². The zero-order valence-electron chi connectivity index (χ0n) is 16.9. The van der Waals surface area contributed by atoms with E-state index in [0.29, 0.717) is 24.3 Å². The van der Waals surface area contributed by atoms with Gasteiger partial charge in [-0.3, -0.25) is 9.89 Å². The largest absolute Gasteiger partial charge is 0.383 e. The highest BCUT2D eigenvalue weighted by molar-refractivity contribution is 7.71. The number of ether oxygens (including phenoxy) is 1. The Bertz CT molecular complexity index is 976. The van der Waals surface area contributed by atoms with Gasteiger partial charge >= 0.3 is 0 Å². The number of carbonyl (C=O) groups is 1. The fraction of sp³-hybridized carbons (Fsp3) is 0.474. The molecular weight excluding hydrogens is 376 g/mol. The summed E-state index contributed by atoms with van der Waals surface area (Å²) in [7, 11) is 3.48. The zero-order valence-corrected chi connectivity index (χ0v) is 17.7. The van der Waals surface area contributed by atoms with Gasteiger partial charge in [-0.05, 0) is 50.7 Å². The molecule has 8 nitrogen and oxygen atoms in total. The van der Waals surface area contributed by atoms with Crippen molar-refractivity contribution < 1.29 is 9.53 Å². The van der Waals surface area contributed by atoms with Crippen LogP contribution < -0.4 is 5.32 Å². The number of nitrogens with zero attached hydrogens (tertiary/aromatic N) is 4. The lowest BCUT2D eigenvalue weighted by Crippen LogP contribution is -2.27. The van der Waals surface area contributed by atoms with Crippen LogP contribution in [0.25, 0.3) is 6.08 Å². The number of aryl methyl sites for hydroxylation is 1. The summed E-state index contributed by atoms with van der Waals surface area (Å²) in [5.74, 6) is 0.331. The van der Waals surface area contributed by atoms with Crippen molar-refractivity contribution >= 4 is 24.2 Å². The third kappa shape index (κ3) is 4.77. The first-order chi connectivity index (χ1) is 13.3. The summed E-state index contributed by atoms with van der Waals surface area (Å²) in [6.07, 6.45) is 2.14. The van der Waals surface area contributed by atoms with Gasteiger partial charge < -0.3 is 19.2 Å². The quantitative estimate of drug-likeness (QED) is 0.401. The lowest BCUT2D eigenvalue weighted by atomic mass is 10.1. The average Bonchev–Trinajstić information content (AvgIpc) is 3.12. The number of amides is 1. The minimum Gasteiger partial charge on any atom is -0.383 e. The minimum absolute atomic E-state index is 0.0648. The molecule has 2 rings (SSSR count). The monoisotopic (exact) mass is 402 g/mol. The molecule has 0 fully saturated rings. The molecule has 0 aliphatic heterocycles. The van der Waals surface area contributed by atoms with Crippen molar-refractivity contribution in [1.29, 1.82) is 5.26 Å². The molecule has 2 N–H and O–H groups in total. The summed E-state index contributed by atoms with van der Waals surface area (Å²) < 4.78 is 9.66. The van der Waals surface area contributed by atoms with Gasteiger partial charge in [0.2, 0.25) is 0 Å². The molecule has 0 bridgehead atoms. The Labute approximate surface area is 169 Å². The van der Waals surface area contributed by atoms with E-state index in [2.05, 4.69) is 27.0 Å². The van der Waals surface area contributed by atoms with Crippen molar-refractivity contribution in [2.24, 2.45) is 7.05 Å². The summed E-state index contributed by atoms with van der Waals surface area (Å²) in [5.41, 5.74) is 2.96. The van der Waals surface area contributed by atoms with Crippen LogP contribution in [0.1, 0.15) is 35.7 Å². The van der Waals surface area contributed by atoms with E-state index in [1.807, 2.05) is 33.0 Å². The molecule has 1 atom stereocenters.